The molecule has 108 valence electrons. The quantitative estimate of drug-likeness (QED) is 0.806. The fourth-order valence-electron chi connectivity index (χ4n) is 1.77. The molecular weight excluding hydrogens is 342 g/mol. The number of rotatable bonds is 6. The zero-order valence-corrected chi connectivity index (χ0v) is 13.4. The van der Waals surface area contributed by atoms with Crippen LogP contribution in [-0.4, -0.2) is 23.3 Å². The van der Waals surface area contributed by atoms with Crippen LogP contribution in [0.5, 0.6) is 0 Å². The molecule has 1 unspecified atom stereocenters. The van der Waals surface area contributed by atoms with Crippen molar-refractivity contribution in [2.24, 2.45) is 0 Å². The van der Waals surface area contributed by atoms with Gasteiger partial charge >= 0.3 is 0 Å². The highest BCUT2D eigenvalue weighted by Crippen LogP contribution is 2.18. The van der Waals surface area contributed by atoms with Gasteiger partial charge < -0.3 is 4.57 Å². The number of nitrogens with zero attached hydrogens (tertiary/aromatic N) is 2. The van der Waals surface area contributed by atoms with Gasteiger partial charge in [-0.1, -0.05) is 46.3 Å². The summed E-state index contributed by atoms with van der Waals surface area (Å²) in [4.78, 5) is 3.94. The fourth-order valence-corrected chi connectivity index (χ4v) is 3.70. The van der Waals surface area contributed by atoms with Crippen molar-refractivity contribution in [3.63, 3.8) is 0 Å². The van der Waals surface area contributed by atoms with Gasteiger partial charge in [-0.2, -0.15) is 0 Å². The highest BCUT2D eigenvalue weighted by Gasteiger charge is 2.22. The van der Waals surface area contributed by atoms with Crippen molar-refractivity contribution in [3.05, 3.63) is 48.4 Å². The van der Waals surface area contributed by atoms with E-state index in [2.05, 4.69) is 25.6 Å². The number of halogens is 1. The Balaban J connectivity index is 2.22. The molecule has 5 nitrogen and oxygen atoms in total. The molecular formula is C13H16BrN3O2S. The van der Waals surface area contributed by atoms with Crippen molar-refractivity contribution >= 4 is 26.0 Å². The molecule has 1 aromatic carbocycles. The molecule has 0 aliphatic heterocycles. The number of sulfonamides is 1. The highest BCUT2D eigenvalue weighted by molar-refractivity contribution is 9.09. The second kappa shape index (κ2) is 6.51. The third kappa shape index (κ3) is 3.47. The Morgan fingerprint density at radius 2 is 2.05 bits per heavy atom. The van der Waals surface area contributed by atoms with Crippen LogP contribution in [0.25, 0.3) is 0 Å². The van der Waals surface area contributed by atoms with Crippen molar-refractivity contribution in [1.82, 2.24) is 14.3 Å². The Bertz CT molecular complexity index is 655. The topological polar surface area (TPSA) is 64.0 Å². The predicted octanol–water partition coefficient (Wildman–Crippen LogP) is 2.32. The third-order valence-corrected chi connectivity index (χ3v) is 4.91. The number of aromatic nitrogens is 2. The van der Waals surface area contributed by atoms with E-state index < -0.39 is 10.0 Å². The van der Waals surface area contributed by atoms with E-state index in [1.165, 1.54) is 12.5 Å². The molecule has 0 aliphatic carbocycles. The number of aryl methyl sites for hydroxylation is 1. The molecule has 0 aliphatic rings. The van der Waals surface area contributed by atoms with Crippen LogP contribution in [-0.2, 0) is 16.6 Å². The molecule has 1 aromatic heterocycles. The van der Waals surface area contributed by atoms with E-state index in [1.807, 2.05) is 37.3 Å². The predicted molar refractivity (Wildman–Crippen MR) is 81.2 cm³/mol. The molecule has 7 heteroatoms. The van der Waals surface area contributed by atoms with Gasteiger partial charge in [0.05, 0.1) is 12.4 Å². The Kier molecular flexibility index (Phi) is 4.95. The Morgan fingerprint density at radius 1 is 1.35 bits per heavy atom. The lowest BCUT2D eigenvalue weighted by atomic mass is 10.1. The summed E-state index contributed by atoms with van der Waals surface area (Å²) in [5.41, 5.74) is 0.905. The van der Waals surface area contributed by atoms with Gasteiger partial charge in [0.15, 0.2) is 5.03 Å². The molecule has 0 spiro atoms. The fraction of sp³-hybridized carbons (Fsp3) is 0.308. The monoisotopic (exact) mass is 357 g/mol. The summed E-state index contributed by atoms with van der Waals surface area (Å²) < 4.78 is 29.0. The molecule has 1 heterocycles. The lowest BCUT2D eigenvalue weighted by Crippen LogP contribution is -2.29. The first-order chi connectivity index (χ1) is 9.56. The van der Waals surface area contributed by atoms with Crippen LogP contribution in [0, 0.1) is 0 Å². The van der Waals surface area contributed by atoms with E-state index in [-0.39, 0.29) is 11.1 Å². The maximum atomic E-state index is 12.3. The third-order valence-electron chi connectivity index (χ3n) is 2.90. The van der Waals surface area contributed by atoms with Crippen molar-refractivity contribution in [2.75, 3.05) is 5.33 Å². The number of hydrogen-bond acceptors (Lipinski definition) is 3. The van der Waals surface area contributed by atoms with E-state index in [0.29, 0.717) is 11.9 Å². The maximum Gasteiger partial charge on any atom is 0.260 e. The van der Waals surface area contributed by atoms with Gasteiger partial charge in [0.1, 0.15) is 0 Å². The van der Waals surface area contributed by atoms with Gasteiger partial charge in [-0.3, -0.25) is 0 Å². The number of benzene rings is 1. The Labute approximate surface area is 127 Å². The van der Waals surface area contributed by atoms with Crippen molar-refractivity contribution < 1.29 is 8.42 Å². The first-order valence-corrected chi connectivity index (χ1v) is 8.82. The van der Waals surface area contributed by atoms with E-state index in [1.54, 1.807) is 4.57 Å². The minimum atomic E-state index is -3.62. The SMILES string of the molecule is CCn1cnc(S(=O)(=O)NC(CBr)c2ccccc2)c1. The summed E-state index contributed by atoms with van der Waals surface area (Å²) in [6.07, 6.45) is 3.04. The number of imidazole rings is 1. The molecule has 20 heavy (non-hydrogen) atoms. The zero-order valence-electron chi connectivity index (χ0n) is 11.0. The van der Waals surface area contributed by atoms with E-state index in [0.717, 1.165) is 5.56 Å². The second-order valence-corrected chi connectivity index (χ2v) is 6.59. The van der Waals surface area contributed by atoms with Crippen LogP contribution in [0.3, 0.4) is 0 Å². The second-order valence-electron chi connectivity index (χ2n) is 4.28. The van der Waals surface area contributed by atoms with Gasteiger partial charge in [0.25, 0.3) is 10.0 Å². The minimum absolute atomic E-state index is 0.0428. The summed E-state index contributed by atoms with van der Waals surface area (Å²) in [7, 11) is -3.62. The van der Waals surface area contributed by atoms with Crippen molar-refractivity contribution in [3.8, 4) is 0 Å². The summed E-state index contributed by atoms with van der Waals surface area (Å²) in [5, 5.41) is 0.534. The Morgan fingerprint density at radius 3 is 2.60 bits per heavy atom. The number of nitrogens with one attached hydrogen (secondary N) is 1. The van der Waals surface area contributed by atoms with Crippen LogP contribution in [0.1, 0.15) is 18.5 Å². The first kappa shape index (κ1) is 15.2. The summed E-state index contributed by atoms with van der Waals surface area (Å²) in [6.45, 7) is 2.61. The standard InChI is InChI=1S/C13H16BrN3O2S/c1-2-17-9-13(15-10-17)20(18,19)16-12(8-14)11-6-4-3-5-7-11/h3-7,9-10,12,16H,2,8H2,1H3. The highest BCUT2D eigenvalue weighted by atomic mass is 79.9. The molecule has 0 saturated carbocycles. The van der Waals surface area contributed by atoms with E-state index >= 15 is 0 Å². The molecule has 0 fully saturated rings. The summed E-state index contributed by atoms with van der Waals surface area (Å²) in [6, 6.07) is 9.11. The largest absolute Gasteiger partial charge is 0.336 e. The number of hydrogen-bond donors (Lipinski definition) is 1. The van der Waals surface area contributed by atoms with E-state index in [9.17, 15) is 8.42 Å². The zero-order chi connectivity index (χ0) is 14.6. The molecule has 0 amide bonds. The van der Waals surface area contributed by atoms with Crippen LogP contribution in [0.15, 0.2) is 47.9 Å². The van der Waals surface area contributed by atoms with Gasteiger partial charge in [-0.25, -0.2) is 18.1 Å². The summed E-state index contributed by atoms with van der Waals surface area (Å²) in [5.74, 6) is 0. The molecule has 0 saturated heterocycles. The van der Waals surface area contributed by atoms with Gasteiger partial charge in [-0.05, 0) is 12.5 Å². The van der Waals surface area contributed by atoms with Crippen LogP contribution in [0.4, 0.5) is 0 Å². The lowest BCUT2D eigenvalue weighted by Gasteiger charge is -2.15. The number of alkyl halides is 1. The molecule has 1 atom stereocenters. The van der Waals surface area contributed by atoms with Gasteiger partial charge in [0.2, 0.25) is 0 Å². The van der Waals surface area contributed by atoms with Crippen molar-refractivity contribution in [1.29, 1.82) is 0 Å². The molecule has 2 aromatic rings. The average Bonchev–Trinajstić information content (AvgIpc) is 2.95. The van der Waals surface area contributed by atoms with E-state index in [4.69, 9.17) is 0 Å². The smallest absolute Gasteiger partial charge is 0.260 e. The van der Waals surface area contributed by atoms with Crippen LogP contribution in [0.2, 0.25) is 0 Å². The lowest BCUT2D eigenvalue weighted by molar-refractivity contribution is 0.565. The molecule has 1 N–H and O–H groups in total. The van der Waals surface area contributed by atoms with Gasteiger partial charge in [0, 0.05) is 18.1 Å². The average molecular weight is 358 g/mol. The Hall–Kier alpha value is -1.18. The molecule has 2 rings (SSSR count). The minimum Gasteiger partial charge on any atom is -0.336 e. The first-order valence-electron chi connectivity index (χ1n) is 6.22. The van der Waals surface area contributed by atoms with Gasteiger partial charge in [-0.15, -0.1) is 0 Å². The molecule has 0 bridgehead atoms. The normalized spacial score (nSPS) is 13.3. The summed E-state index contributed by atoms with van der Waals surface area (Å²) >= 11 is 3.34. The molecule has 0 radical (unpaired) electrons. The van der Waals surface area contributed by atoms with Crippen LogP contribution >= 0.6 is 15.9 Å². The maximum absolute atomic E-state index is 12.3. The van der Waals surface area contributed by atoms with Crippen molar-refractivity contribution in [2.45, 2.75) is 24.5 Å². The van der Waals surface area contributed by atoms with Crippen LogP contribution < -0.4 is 4.72 Å².